The van der Waals surface area contributed by atoms with Crippen molar-refractivity contribution < 1.29 is 14.7 Å². The summed E-state index contributed by atoms with van der Waals surface area (Å²) in [6.45, 7) is 9.68. The zero-order chi connectivity index (χ0) is 13.9. The second-order valence-electron chi connectivity index (χ2n) is 6.21. The largest absolute Gasteiger partial charge is 0.465 e. The van der Waals surface area contributed by atoms with Crippen molar-refractivity contribution >= 4 is 12.0 Å². The van der Waals surface area contributed by atoms with E-state index in [0.717, 1.165) is 19.4 Å². The molecular weight excluding hydrogens is 232 g/mol. The number of hydrogen-bond donors (Lipinski definition) is 1. The smallest absolute Gasteiger partial charge is 0.407 e. The highest BCUT2D eigenvalue weighted by Crippen LogP contribution is 2.22. The summed E-state index contributed by atoms with van der Waals surface area (Å²) in [7, 11) is 0. The summed E-state index contributed by atoms with van der Waals surface area (Å²) in [5, 5.41) is 8.90. The highest BCUT2D eigenvalue weighted by atomic mass is 16.4. The van der Waals surface area contributed by atoms with Crippen LogP contribution < -0.4 is 0 Å². The molecule has 0 aromatic heterocycles. The molecule has 0 aliphatic carbocycles. The first kappa shape index (κ1) is 14.8. The minimum Gasteiger partial charge on any atom is -0.465 e. The molecule has 2 amide bonds. The maximum absolute atomic E-state index is 11.7. The second kappa shape index (κ2) is 5.59. The summed E-state index contributed by atoms with van der Waals surface area (Å²) in [5.41, 5.74) is 0.0651. The SMILES string of the molecule is CC(=O)N(CC(C)(C)C)C1CCN(C(=O)O)CC1. The van der Waals surface area contributed by atoms with Crippen molar-refractivity contribution in [2.75, 3.05) is 19.6 Å². The lowest BCUT2D eigenvalue weighted by Gasteiger charge is -2.40. The lowest BCUT2D eigenvalue weighted by Crippen LogP contribution is -2.50. The van der Waals surface area contributed by atoms with Crippen LogP contribution in [0.1, 0.15) is 40.5 Å². The zero-order valence-electron chi connectivity index (χ0n) is 11.8. The van der Waals surface area contributed by atoms with Gasteiger partial charge in [-0.25, -0.2) is 4.79 Å². The van der Waals surface area contributed by atoms with E-state index >= 15 is 0 Å². The maximum Gasteiger partial charge on any atom is 0.407 e. The molecule has 1 N–H and O–H groups in total. The molecule has 0 radical (unpaired) electrons. The van der Waals surface area contributed by atoms with Gasteiger partial charge in [0.2, 0.25) is 5.91 Å². The maximum atomic E-state index is 11.7. The third-order valence-electron chi connectivity index (χ3n) is 3.22. The first-order valence-electron chi connectivity index (χ1n) is 6.46. The van der Waals surface area contributed by atoms with Crippen molar-refractivity contribution in [2.24, 2.45) is 5.41 Å². The topological polar surface area (TPSA) is 60.9 Å². The van der Waals surface area contributed by atoms with E-state index < -0.39 is 6.09 Å². The predicted molar refractivity (Wildman–Crippen MR) is 69.5 cm³/mol. The number of likely N-dealkylation sites (tertiary alicyclic amines) is 1. The minimum atomic E-state index is -0.862. The second-order valence-corrected chi connectivity index (χ2v) is 6.21. The van der Waals surface area contributed by atoms with Gasteiger partial charge in [0.1, 0.15) is 0 Å². The van der Waals surface area contributed by atoms with Gasteiger partial charge in [-0.2, -0.15) is 0 Å². The molecule has 5 nitrogen and oxygen atoms in total. The van der Waals surface area contributed by atoms with Gasteiger partial charge in [0.05, 0.1) is 0 Å². The van der Waals surface area contributed by atoms with E-state index in [4.69, 9.17) is 5.11 Å². The molecule has 5 heteroatoms. The van der Waals surface area contributed by atoms with Crippen molar-refractivity contribution in [3.63, 3.8) is 0 Å². The van der Waals surface area contributed by atoms with Crippen LogP contribution >= 0.6 is 0 Å². The molecule has 0 atom stereocenters. The molecule has 1 aliphatic heterocycles. The van der Waals surface area contributed by atoms with Crippen LogP contribution in [0.4, 0.5) is 4.79 Å². The third kappa shape index (κ3) is 4.20. The van der Waals surface area contributed by atoms with Crippen LogP contribution in [-0.4, -0.2) is 52.6 Å². The first-order chi connectivity index (χ1) is 8.20. The normalized spacial score (nSPS) is 17.7. The summed E-state index contributed by atoms with van der Waals surface area (Å²) in [4.78, 5) is 25.9. The van der Waals surface area contributed by atoms with E-state index in [-0.39, 0.29) is 17.4 Å². The van der Waals surface area contributed by atoms with E-state index in [0.29, 0.717) is 13.1 Å². The first-order valence-corrected chi connectivity index (χ1v) is 6.46. The van der Waals surface area contributed by atoms with Crippen molar-refractivity contribution in [1.82, 2.24) is 9.80 Å². The van der Waals surface area contributed by atoms with Crippen molar-refractivity contribution in [3.05, 3.63) is 0 Å². The van der Waals surface area contributed by atoms with Crippen molar-refractivity contribution in [2.45, 2.75) is 46.6 Å². The molecule has 0 unspecified atom stereocenters. The van der Waals surface area contributed by atoms with Gasteiger partial charge in [0.15, 0.2) is 0 Å². The summed E-state index contributed by atoms with van der Waals surface area (Å²) in [6, 6.07) is 0.178. The molecule has 0 bridgehead atoms. The Kier molecular flexibility index (Phi) is 4.59. The fraction of sp³-hybridized carbons (Fsp3) is 0.846. The van der Waals surface area contributed by atoms with E-state index in [1.165, 1.54) is 4.90 Å². The number of rotatable bonds is 2. The molecule has 1 aliphatic rings. The quantitative estimate of drug-likeness (QED) is 0.822. The molecule has 1 heterocycles. The summed E-state index contributed by atoms with van der Waals surface area (Å²) in [5.74, 6) is 0.0821. The third-order valence-corrected chi connectivity index (χ3v) is 3.22. The van der Waals surface area contributed by atoms with E-state index in [2.05, 4.69) is 20.8 Å². The molecule has 104 valence electrons. The van der Waals surface area contributed by atoms with Gasteiger partial charge < -0.3 is 14.9 Å². The molecule has 0 aromatic rings. The van der Waals surface area contributed by atoms with E-state index in [1.807, 2.05) is 4.90 Å². The predicted octanol–water partition coefficient (Wildman–Crippen LogP) is 2.02. The van der Waals surface area contributed by atoms with E-state index in [1.54, 1.807) is 6.92 Å². The number of amides is 2. The minimum absolute atomic E-state index is 0.0651. The molecule has 1 fully saturated rings. The van der Waals surface area contributed by atoms with Crippen molar-refractivity contribution in [3.8, 4) is 0 Å². The van der Waals surface area contributed by atoms with Crippen molar-refractivity contribution in [1.29, 1.82) is 0 Å². The lowest BCUT2D eigenvalue weighted by atomic mass is 9.93. The fourth-order valence-electron chi connectivity index (χ4n) is 2.38. The van der Waals surface area contributed by atoms with E-state index in [9.17, 15) is 9.59 Å². The Labute approximate surface area is 109 Å². The molecule has 0 saturated carbocycles. The van der Waals surface area contributed by atoms with Gasteiger partial charge in [-0.15, -0.1) is 0 Å². The summed E-state index contributed by atoms with van der Waals surface area (Å²) >= 11 is 0. The molecule has 18 heavy (non-hydrogen) atoms. The van der Waals surface area contributed by atoms with Gasteiger partial charge in [-0.05, 0) is 18.3 Å². The highest BCUT2D eigenvalue weighted by molar-refractivity contribution is 5.73. The lowest BCUT2D eigenvalue weighted by molar-refractivity contribution is -0.133. The molecule has 0 aromatic carbocycles. The summed E-state index contributed by atoms with van der Waals surface area (Å²) < 4.78 is 0. The molecule has 1 saturated heterocycles. The highest BCUT2D eigenvalue weighted by Gasteiger charge is 2.30. The van der Waals surface area contributed by atoms with Crippen LogP contribution in [0.3, 0.4) is 0 Å². The Bertz CT molecular complexity index is 315. The number of carboxylic acid groups (broad SMARTS) is 1. The molecule has 0 spiro atoms. The van der Waals surface area contributed by atoms with Gasteiger partial charge in [0, 0.05) is 32.6 Å². The number of carbonyl (C=O) groups is 2. The summed E-state index contributed by atoms with van der Waals surface area (Å²) in [6.07, 6.45) is 0.614. The number of carbonyl (C=O) groups excluding carboxylic acids is 1. The van der Waals surface area contributed by atoms with Gasteiger partial charge in [0.25, 0.3) is 0 Å². The van der Waals surface area contributed by atoms with Gasteiger partial charge in [-0.1, -0.05) is 20.8 Å². The molecular formula is C13H24N2O3. The number of nitrogens with zero attached hydrogens (tertiary/aromatic N) is 2. The standard InChI is InChI=1S/C13H24N2O3/c1-10(16)15(9-13(2,3)4)11-5-7-14(8-6-11)12(17)18/h11H,5-9H2,1-4H3,(H,17,18). The van der Waals surface area contributed by atoms with Crippen LogP contribution in [0, 0.1) is 5.41 Å². The fourth-order valence-corrected chi connectivity index (χ4v) is 2.38. The van der Waals surface area contributed by atoms with Crippen LogP contribution in [0.25, 0.3) is 0 Å². The van der Waals surface area contributed by atoms with Crippen LogP contribution in [0.5, 0.6) is 0 Å². The number of piperidine rings is 1. The Morgan fingerprint density at radius 2 is 1.78 bits per heavy atom. The van der Waals surface area contributed by atoms with Gasteiger partial charge in [-0.3, -0.25) is 4.79 Å². The van der Waals surface area contributed by atoms with Crippen LogP contribution in [-0.2, 0) is 4.79 Å². The molecule has 1 rings (SSSR count). The van der Waals surface area contributed by atoms with Crippen LogP contribution in [0.2, 0.25) is 0 Å². The Morgan fingerprint density at radius 1 is 1.28 bits per heavy atom. The average Bonchev–Trinajstić information content (AvgIpc) is 2.24. The monoisotopic (exact) mass is 256 g/mol. The van der Waals surface area contributed by atoms with Crippen LogP contribution in [0.15, 0.2) is 0 Å². The Balaban J connectivity index is 2.61. The average molecular weight is 256 g/mol. The Morgan fingerprint density at radius 3 is 2.11 bits per heavy atom. The van der Waals surface area contributed by atoms with Gasteiger partial charge >= 0.3 is 6.09 Å². The zero-order valence-corrected chi connectivity index (χ0v) is 11.8. The Hall–Kier alpha value is -1.26. The number of hydrogen-bond acceptors (Lipinski definition) is 2.